The van der Waals surface area contributed by atoms with Crippen molar-refractivity contribution < 1.29 is 19.0 Å². The standard InChI is InChI=1S/C11H15FO3/c1-14-10-7-11(15-2)9(12)6-8(10)4-3-5-13/h6-7,13H,3-5H2,1-2H3. The third-order valence-electron chi connectivity index (χ3n) is 2.16. The summed E-state index contributed by atoms with van der Waals surface area (Å²) in [4.78, 5) is 0. The Hall–Kier alpha value is -1.29. The summed E-state index contributed by atoms with van der Waals surface area (Å²) in [6.45, 7) is 0.0802. The van der Waals surface area contributed by atoms with Crippen LogP contribution in [0.2, 0.25) is 0 Å². The Balaban J connectivity index is 2.98. The van der Waals surface area contributed by atoms with E-state index < -0.39 is 5.82 Å². The van der Waals surface area contributed by atoms with Gasteiger partial charge in [0.15, 0.2) is 11.6 Å². The number of ether oxygens (including phenoxy) is 2. The van der Waals surface area contributed by atoms with Crippen LogP contribution < -0.4 is 9.47 Å². The molecule has 0 aliphatic carbocycles. The van der Waals surface area contributed by atoms with E-state index in [1.165, 1.54) is 26.4 Å². The number of hydrogen-bond donors (Lipinski definition) is 1. The zero-order chi connectivity index (χ0) is 11.3. The molecule has 0 aliphatic heterocycles. The molecule has 4 heteroatoms. The Morgan fingerprint density at radius 3 is 2.40 bits per heavy atom. The van der Waals surface area contributed by atoms with Gasteiger partial charge in [-0.15, -0.1) is 0 Å². The first-order valence-corrected chi connectivity index (χ1v) is 4.74. The molecule has 0 aliphatic rings. The molecule has 3 nitrogen and oxygen atoms in total. The van der Waals surface area contributed by atoms with Crippen molar-refractivity contribution in [2.24, 2.45) is 0 Å². The molecule has 0 radical (unpaired) electrons. The van der Waals surface area contributed by atoms with Crippen LogP contribution in [-0.4, -0.2) is 25.9 Å². The fraction of sp³-hybridized carbons (Fsp3) is 0.455. The van der Waals surface area contributed by atoms with Gasteiger partial charge in [-0.3, -0.25) is 0 Å². The van der Waals surface area contributed by atoms with Gasteiger partial charge in [0.1, 0.15) is 5.75 Å². The highest BCUT2D eigenvalue weighted by atomic mass is 19.1. The molecule has 0 spiro atoms. The Bertz CT molecular complexity index is 326. The van der Waals surface area contributed by atoms with Crippen LogP contribution in [0.1, 0.15) is 12.0 Å². The number of benzene rings is 1. The lowest BCUT2D eigenvalue weighted by molar-refractivity contribution is 0.287. The fourth-order valence-electron chi connectivity index (χ4n) is 1.39. The maximum Gasteiger partial charge on any atom is 0.165 e. The second-order valence-corrected chi connectivity index (χ2v) is 3.13. The van der Waals surface area contributed by atoms with E-state index in [1.807, 2.05) is 0 Å². The lowest BCUT2D eigenvalue weighted by Gasteiger charge is -2.10. The van der Waals surface area contributed by atoms with Crippen molar-refractivity contribution in [3.8, 4) is 11.5 Å². The number of methoxy groups -OCH3 is 2. The molecule has 1 aromatic rings. The van der Waals surface area contributed by atoms with Crippen molar-refractivity contribution in [1.29, 1.82) is 0 Å². The number of rotatable bonds is 5. The summed E-state index contributed by atoms with van der Waals surface area (Å²) in [5.41, 5.74) is 0.741. The van der Waals surface area contributed by atoms with Crippen LogP contribution in [0, 0.1) is 5.82 Å². The third-order valence-corrected chi connectivity index (χ3v) is 2.16. The monoisotopic (exact) mass is 214 g/mol. The molecule has 15 heavy (non-hydrogen) atoms. The second-order valence-electron chi connectivity index (χ2n) is 3.13. The molecule has 0 saturated carbocycles. The highest BCUT2D eigenvalue weighted by molar-refractivity contribution is 5.41. The van der Waals surface area contributed by atoms with E-state index in [2.05, 4.69) is 0 Å². The van der Waals surface area contributed by atoms with Gasteiger partial charge in [0, 0.05) is 12.7 Å². The van der Waals surface area contributed by atoms with Crippen LogP contribution in [0.4, 0.5) is 4.39 Å². The fourth-order valence-corrected chi connectivity index (χ4v) is 1.39. The van der Waals surface area contributed by atoms with Crippen molar-refractivity contribution in [3.05, 3.63) is 23.5 Å². The number of hydrogen-bond acceptors (Lipinski definition) is 3. The average Bonchev–Trinajstić information content (AvgIpc) is 2.26. The zero-order valence-electron chi connectivity index (χ0n) is 8.92. The molecular formula is C11H15FO3. The quantitative estimate of drug-likeness (QED) is 0.811. The van der Waals surface area contributed by atoms with E-state index >= 15 is 0 Å². The van der Waals surface area contributed by atoms with Gasteiger partial charge in [0.25, 0.3) is 0 Å². The van der Waals surface area contributed by atoms with E-state index in [4.69, 9.17) is 14.6 Å². The van der Waals surface area contributed by atoms with Crippen LogP contribution in [0.3, 0.4) is 0 Å². The summed E-state index contributed by atoms with van der Waals surface area (Å²) in [6, 6.07) is 2.90. The van der Waals surface area contributed by atoms with Gasteiger partial charge in [-0.05, 0) is 24.5 Å². The molecule has 0 amide bonds. The van der Waals surface area contributed by atoms with Gasteiger partial charge in [0.2, 0.25) is 0 Å². The summed E-state index contributed by atoms with van der Waals surface area (Å²) >= 11 is 0. The molecule has 0 aromatic heterocycles. The Kier molecular flexibility index (Phi) is 4.37. The maximum absolute atomic E-state index is 13.4. The van der Waals surface area contributed by atoms with Crippen LogP contribution in [0.5, 0.6) is 11.5 Å². The van der Waals surface area contributed by atoms with E-state index in [-0.39, 0.29) is 12.4 Å². The minimum absolute atomic E-state index is 0.0802. The number of aliphatic hydroxyl groups is 1. The van der Waals surface area contributed by atoms with E-state index in [0.29, 0.717) is 18.6 Å². The number of aliphatic hydroxyl groups excluding tert-OH is 1. The van der Waals surface area contributed by atoms with Crippen molar-refractivity contribution in [3.63, 3.8) is 0 Å². The van der Waals surface area contributed by atoms with Gasteiger partial charge in [-0.25, -0.2) is 4.39 Å². The minimum atomic E-state index is -0.411. The Morgan fingerprint density at radius 2 is 1.87 bits per heavy atom. The first-order valence-electron chi connectivity index (χ1n) is 4.74. The third kappa shape index (κ3) is 2.83. The van der Waals surface area contributed by atoms with Crippen LogP contribution in [0.15, 0.2) is 12.1 Å². The van der Waals surface area contributed by atoms with Crippen molar-refractivity contribution in [2.75, 3.05) is 20.8 Å². The van der Waals surface area contributed by atoms with Crippen LogP contribution in [-0.2, 0) is 6.42 Å². The lowest BCUT2D eigenvalue weighted by atomic mass is 10.1. The molecule has 1 N–H and O–H groups in total. The topological polar surface area (TPSA) is 38.7 Å². The molecular weight excluding hydrogens is 199 g/mol. The summed E-state index contributed by atoms with van der Waals surface area (Å²) < 4.78 is 23.3. The number of aryl methyl sites for hydroxylation is 1. The lowest BCUT2D eigenvalue weighted by Crippen LogP contribution is -1.98. The maximum atomic E-state index is 13.4. The van der Waals surface area contributed by atoms with Gasteiger partial charge in [0.05, 0.1) is 14.2 Å². The highest BCUT2D eigenvalue weighted by Crippen LogP contribution is 2.28. The summed E-state index contributed by atoms with van der Waals surface area (Å²) in [6.07, 6.45) is 1.17. The largest absolute Gasteiger partial charge is 0.496 e. The molecule has 0 unspecified atom stereocenters. The predicted octanol–water partition coefficient (Wildman–Crippen LogP) is 1.77. The summed E-state index contributed by atoms with van der Waals surface area (Å²) in [5, 5.41) is 8.70. The smallest absolute Gasteiger partial charge is 0.165 e. The SMILES string of the molecule is COc1cc(OC)c(CCCO)cc1F. The van der Waals surface area contributed by atoms with Gasteiger partial charge in [-0.2, -0.15) is 0 Å². The molecule has 1 rings (SSSR count). The molecule has 0 fully saturated rings. The zero-order valence-corrected chi connectivity index (χ0v) is 8.92. The average molecular weight is 214 g/mol. The first-order chi connectivity index (χ1) is 7.22. The van der Waals surface area contributed by atoms with Crippen LogP contribution in [0.25, 0.3) is 0 Å². The van der Waals surface area contributed by atoms with E-state index in [9.17, 15) is 4.39 Å². The van der Waals surface area contributed by atoms with Gasteiger partial charge in [-0.1, -0.05) is 0 Å². The molecule has 1 aromatic carbocycles. The van der Waals surface area contributed by atoms with Crippen molar-refractivity contribution in [2.45, 2.75) is 12.8 Å². The summed E-state index contributed by atoms with van der Waals surface area (Å²) in [5.74, 6) is 0.340. The van der Waals surface area contributed by atoms with Crippen molar-refractivity contribution in [1.82, 2.24) is 0 Å². The molecule has 84 valence electrons. The van der Waals surface area contributed by atoms with Crippen molar-refractivity contribution >= 4 is 0 Å². The van der Waals surface area contributed by atoms with E-state index in [0.717, 1.165) is 5.56 Å². The first kappa shape index (κ1) is 11.8. The number of halogens is 1. The second kappa shape index (κ2) is 5.56. The minimum Gasteiger partial charge on any atom is -0.496 e. The summed E-state index contributed by atoms with van der Waals surface area (Å²) in [7, 11) is 2.93. The molecule has 0 bridgehead atoms. The highest BCUT2D eigenvalue weighted by Gasteiger charge is 2.10. The Labute approximate surface area is 88.4 Å². The van der Waals surface area contributed by atoms with Gasteiger partial charge >= 0.3 is 0 Å². The molecule has 0 atom stereocenters. The molecule has 0 saturated heterocycles. The van der Waals surface area contributed by atoms with E-state index in [1.54, 1.807) is 0 Å². The predicted molar refractivity (Wildman–Crippen MR) is 54.9 cm³/mol. The van der Waals surface area contributed by atoms with Gasteiger partial charge < -0.3 is 14.6 Å². The Morgan fingerprint density at radius 1 is 1.20 bits per heavy atom. The van der Waals surface area contributed by atoms with Crippen LogP contribution >= 0.6 is 0 Å². The normalized spacial score (nSPS) is 10.1. The molecule has 0 heterocycles.